The van der Waals surface area contributed by atoms with Gasteiger partial charge >= 0.3 is 5.69 Å². The Bertz CT molecular complexity index is 756. The molecule has 0 radical (unpaired) electrons. The number of ether oxygens (including phenoxy) is 1. The molecule has 9 heteroatoms. The molecule has 22 heavy (non-hydrogen) atoms. The molecule has 1 aromatic carbocycles. The molecule has 1 aromatic heterocycles. The van der Waals surface area contributed by atoms with E-state index in [1.807, 2.05) is 18.2 Å². The minimum Gasteiger partial charge on any atom is -0.492 e. The number of rotatable bonds is 7. The second kappa shape index (κ2) is 6.75. The van der Waals surface area contributed by atoms with E-state index in [1.54, 1.807) is 12.1 Å². The van der Waals surface area contributed by atoms with E-state index in [9.17, 15) is 18.5 Å². The Morgan fingerprint density at radius 2 is 2.00 bits per heavy atom. The van der Waals surface area contributed by atoms with Gasteiger partial charge in [0.1, 0.15) is 16.6 Å². The van der Waals surface area contributed by atoms with Crippen LogP contribution in [0.25, 0.3) is 0 Å². The zero-order valence-corrected chi connectivity index (χ0v) is 13.3. The van der Waals surface area contributed by atoms with Gasteiger partial charge in [0.15, 0.2) is 14.8 Å². The quantitative estimate of drug-likeness (QED) is 0.472. The fourth-order valence-corrected chi connectivity index (χ4v) is 3.62. The van der Waals surface area contributed by atoms with E-state index in [0.29, 0.717) is 18.9 Å². The maximum absolute atomic E-state index is 11.5. The van der Waals surface area contributed by atoms with Crippen molar-refractivity contribution < 1.29 is 18.1 Å². The van der Waals surface area contributed by atoms with Gasteiger partial charge in [-0.15, -0.1) is 0 Å². The highest BCUT2D eigenvalue weighted by Gasteiger charge is 2.23. The van der Waals surface area contributed by atoms with E-state index < -0.39 is 14.8 Å². The lowest BCUT2D eigenvalue weighted by molar-refractivity contribution is -0.383. The topological polar surface area (TPSA) is 98.5 Å². The van der Waals surface area contributed by atoms with Crippen LogP contribution < -0.4 is 10.1 Å². The van der Waals surface area contributed by atoms with Crippen molar-refractivity contribution >= 4 is 31.9 Å². The molecule has 118 valence electrons. The number of sulfone groups is 1. The fourth-order valence-electron chi connectivity index (χ4n) is 1.65. The first-order valence-corrected chi connectivity index (χ1v) is 8.99. The van der Waals surface area contributed by atoms with Crippen LogP contribution in [-0.2, 0) is 9.84 Å². The molecule has 0 amide bonds. The molecule has 1 heterocycles. The average molecular weight is 342 g/mol. The van der Waals surface area contributed by atoms with Crippen LogP contribution in [-0.4, -0.2) is 32.7 Å². The number of nitrogens with one attached hydrogen (secondary N) is 1. The van der Waals surface area contributed by atoms with Gasteiger partial charge in [0.25, 0.3) is 0 Å². The second-order valence-electron chi connectivity index (χ2n) is 4.40. The fraction of sp³-hybridized carbons (Fsp3) is 0.231. The van der Waals surface area contributed by atoms with E-state index in [0.717, 1.165) is 23.7 Å². The van der Waals surface area contributed by atoms with E-state index in [2.05, 4.69) is 5.32 Å². The normalized spacial score (nSPS) is 11.1. The summed E-state index contributed by atoms with van der Waals surface area (Å²) < 4.78 is 28.4. The van der Waals surface area contributed by atoms with Gasteiger partial charge < -0.3 is 10.1 Å². The third-order valence-electron chi connectivity index (χ3n) is 2.65. The summed E-state index contributed by atoms with van der Waals surface area (Å²) in [6.45, 7) is 0.618. The van der Waals surface area contributed by atoms with Crippen LogP contribution in [0.15, 0.2) is 40.6 Å². The minimum absolute atomic E-state index is 0.0364. The summed E-state index contributed by atoms with van der Waals surface area (Å²) in [5, 5.41) is 14.0. The number of thiophene rings is 1. The van der Waals surface area contributed by atoms with Crippen molar-refractivity contribution in [2.24, 2.45) is 0 Å². The van der Waals surface area contributed by atoms with Gasteiger partial charge in [-0.2, -0.15) is 0 Å². The summed E-state index contributed by atoms with van der Waals surface area (Å²) in [4.78, 5) is 10.4. The molecule has 0 unspecified atom stereocenters. The number of para-hydroxylation sites is 1. The van der Waals surface area contributed by atoms with Gasteiger partial charge in [-0.25, -0.2) is 8.42 Å². The summed E-state index contributed by atoms with van der Waals surface area (Å²) in [5.74, 6) is 0.696. The van der Waals surface area contributed by atoms with Crippen molar-refractivity contribution in [1.29, 1.82) is 0 Å². The number of benzene rings is 1. The number of nitrogens with zero attached hydrogens (tertiary/aromatic N) is 1. The van der Waals surface area contributed by atoms with Crippen LogP contribution in [0, 0.1) is 10.1 Å². The Morgan fingerprint density at radius 1 is 1.32 bits per heavy atom. The van der Waals surface area contributed by atoms with Gasteiger partial charge in [0, 0.05) is 18.9 Å². The third kappa shape index (κ3) is 4.18. The second-order valence-corrected chi connectivity index (χ2v) is 7.69. The molecular formula is C13H14N2O5S2. The number of nitro groups is 1. The molecule has 0 aliphatic rings. The highest BCUT2D eigenvalue weighted by Crippen LogP contribution is 2.36. The SMILES string of the molecule is CS(=O)(=O)c1cc([N+](=O)[O-])c(NCCOc2ccccc2)s1. The molecule has 2 aromatic rings. The van der Waals surface area contributed by atoms with Crippen LogP contribution in [0.1, 0.15) is 0 Å². The molecule has 0 saturated heterocycles. The van der Waals surface area contributed by atoms with Crippen LogP contribution in [0.5, 0.6) is 5.75 Å². The molecule has 7 nitrogen and oxygen atoms in total. The van der Waals surface area contributed by atoms with E-state index >= 15 is 0 Å². The van der Waals surface area contributed by atoms with Gasteiger partial charge in [0.2, 0.25) is 0 Å². The van der Waals surface area contributed by atoms with Crippen molar-refractivity contribution in [1.82, 2.24) is 0 Å². The van der Waals surface area contributed by atoms with Crippen LogP contribution >= 0.6 is 11.3 Å². The summed E-state index contributed by atoms with van der Waals surface area (Å²) in [6.07, 6.45) is 1.02. The van der Waals surface area contributed by atoms with Gasteiger partial charge in [0.05, 0.1) is 4.92 Å². The van der Waals surface area contributed by atoms with Crippen molar-refractivity contribution in [3.05, 3.63) is 46.5 Å². The predicted octanol–water partition coefficient (Wildman–Crippen LogP) is 2.55. The summed E-state index contributed by atoms with van der Waals surface area (Å²) in [5.41, 5.74) is -0.245. The van der Waals surface area contributed by atoms with E-state index in [-0.39, 0.29) is 14.9 Å². The van der Waals surface area contributed by atoms with Crippen molar-refractivity contribution in [3.8, 4) is 5.75 Å². The molecule has 0 bridgehead atoms. The molecule has 0 saturated carbocycles. The first-order valence-electron chi connectivity index (χ1n) is 6.28. The lowest BCUT2D eigenvalue weighted by Gasteiger charge is -2.06. The van der Waals surface area contributed by atoms with Crippen molar-refractivity contribution in [2.75, 3.05) is 24.7 Å². The Labute approximate surface area is 131 Å². The highest BCUT2D eigenvalue weighted by molar-refractivity contribution is 7.92. The zero-order chi connectivity index (χ0) is 16.2. The van der Waals surface area contributed by atoms with Crippen molar-refractivity contribution in [2.45, 2.75) is 4.21 Å². The maximum Gasteiger partial charge on any atom is 0.304 e. The van der Waals surface area contributed by atoms with Gasteiger partial charge in [-0.3, -0.25) is 10.1 Å². The average Bonchev–Trinajstić information content (AvgIpc) is 2.89. The van der Waals surface area contributed by atoms with Crippen LogP contribution in [0.2, 0.25) is 0 Å². The lowest BCUT2D eigenvalue weighted by Crippen LogP contribution is -2.11. The lowest BCUT2D eigenvalue weighted by atomic mass is 10.3. The molecule has 2 rings (SSSR count). The monoisotopic (exact) mass is 342 g/mol. The van der Waals surface area contributed by atoms with Gasteiger partial charge in [-0.1, -0.05) is 29.5 Å². The number of anilines is 1. The van der Waals surface area contributed by atoms with Crippen molar-refractivity contribution in [3.63, 3.8) is 0 Å². The summed E-state index contributed by atoms with van der Waals surface area (Å²) in [6, 6.07) is 10.2. The Hall–Kier alpha value is -2.13. The largest absolute Gasteiger partial charge is 0.492 e. The Morgan fingerprint density at radius 3 is 2.59 bits per heavy atom. The first-order chi connectivity index (χ1) is 10.4. The minimum atomic E-state index is -3.47. The zero-order valence-electron chi connectivity index (χ0n) is 11.7. The van der Waals surface area contributed by atoms with Crippen LogP contribution in [0.3, 0.4) is 0 Å². The highest BCUT2D eigenvalue weighted by atomic mass is 32.2. The predicted molar refractivity (Wildman–Crippen MR) is 84.5 cm³/mol. The molecular weight excluding hydrogens is 328 g/mol. The number of hydrogen-bond acceptors (Lipinski definition) is 7. The molecule has 0 aliphatic carbocycles. The van der Waals surface area contributed by atoms with E-state index in [1.165, 1.54) is 0 Å². The van der Waals surface area contributed by atoms with Gasteiger partial charge in [-0.05, 0) is 12.1 Å². The summed E-state index contributed by atoms with van der Waals surface area (Å²) in [7, 11) is -3.47. The van der Waals surface area contributed by atoms with Crippen LogP contribution in [0.4, 0.5) is 10.7 Å². The molecule has 0 atom stereocenters. The Kier molecular flexibility index (Phi) is 4.99. The smallest absolute Gasteiger partial charge is 0.304 e. The Balaban J connectivity index is 2.00. The molecule has 0 spiro atoms. The maximum atomic E-state index is 11.5. The standard InChI is InChI=1S/C13H14N2O5S2/c1-22(18,19)12-9-11(15(16)17)13(21-12)14-7-8-20-10-5-3-2-4-6-10/h2-6,9,14H,7-8H2,1H3. The molecule has 0 aliphatic heterocycles. The summed E-state index contributed by atoms with van der Waals surface area (Å²) >= 11 is 0.845. The first kappa shape index (κ1) is 16.2. The molecule has 1 N–H and O–H groups in total. The van der Waals surface area contributed by atoms with E-state index in [4.69, 9.17) is 4.74 Å². The molecule has 0 fully saturated rings. The third-order valence-corrected chi connectivity index (χ3v) is 5.54. The number of hydrogen-bond donors (Lipinski definition) is 1.